The van der Waals surface area contributed by atoms with E-state index in [9.17, 15) is 13.2 Å². The van der Waals surface area contributed by atoms with E-state index in [2.05, 4.69) is 15.9 Å². The Morgan fingerprint density at radius 2 is 1.78 bits per heavy atom. The van der Waals surface area contributed by atoms with Crippen LogP contribution in [0.1, 0.15) is 6.42 Å². The number of rotatable bonds is 4. The second kappa shape index (κ2) is 5.09. The lowest BCUT2D eigenvalue weighted by Gasteiger charge is -2.07. The lowest BCUT2D eigenvalue weighted by molar-refractivity contribution is 0.167. The molecule has 0 N–H and O–H groups in total. The predicted octanol–water partition coefficient (Wildman–Crippen LogP) is 2.42. The lowest BCUT2D eigenvalue weighted by Crippen LogP contribution is -2.18. The molecule has 0 heterocycles. The van der Waals surface area contributed by atoms with Gasteiger partial charge < -0.3 is 0 Å². The molecule has 0 fully saturated rings. The fraction of sp³-hybridized carbons (Fsp3) is 1.00. The third-order valence-electron chi connectivity index (χ3n) is 0.925. The Hall–Kier alpha value is 0.270. The summed E-state index contributed by atoms with van der Waals surface area (Å²) < 4.78 is 35.6. The first-order valence-electron chi connectivity index (χ1n) is 2.62. The molecule has 56 valence electrons. The average Bonchev–Trinajstić information content (AvgIpc) is 1.87. The van der Waals surface area contributed by atoms with Gasteiger partial charge >= 0.3 is 0 Å². The van der Waals surface area contributed by atoms with Gasteiger partial charge in [0.05, 0.1) is 6.67 Å². The van der Waals surface area contributed by atoms with Crippen molar-refractivity contribution in [3.8, 4) is 0 Å². The van der Waals surface area contributed by atoms with E-state index in [1.807, 2.05) is 0 Å². The minimum atomic E-state index is -1.66. The zero-order valence-electron chi connectivity index (χ0n) is 4.79. The molecule has 0 saturated heterocycles. The van der Waals surface area contributed by atoms with E-state index in [4.69, 9.17) is 0 Å². The zero-order chi connectivity index (χ0) is 7.28. The first-order chi connectivity index (χ1) is 4.22. The van der Waals surface area contributed by atoms with Crippen LogP contribution in [-0.2, 0) is 0 Å². The van der Waals surface area contributed by atoms with Crippen molar-refractivity contribution in [3.63, 3.8) is 0 Å². The Kier molecular flexibility index (Phi) is 5.24. The Morgan fingerprint density at radius 3 is 2.11 bits per heavy atom. The molecule has 0 saturated carbocycles. The van der Waals surface area contributed by atoms with Crippen LogP contribution in [-0.4, -0.2) is 24.3 Å². The van der Waals surface area contributed by atoms with E-state index in [-0.39, 0.29) is 11.8 Å². The molecule has 0 aromatic rings. The average molecular weight is 205 g/mol. The molecule has 9 heavy (non-hydrogen) atoms. The minimum absolute atomic E-state index is 0.0613. The van der Waals surface area contributed by atoms with Gasteiger partial charge in [-0.05, 0) is 0 Å². The predicted molar refractivity (Wildman–Crippen MR) is 34.2 cm³/mol. The van der Waals surface area contributed by atoms with Crippen molar-refractivity contribution in [1.29, 1.82) is 0 Å². The van der Waals surface area contributed by atoms with E-state index in [0.29, 0.717) is 0 Å². The van der Waals surface area contributed by atoms with Crippen molar-refractivity contribution < 1.29 is 13.2 Å². The molecule has 0 radical (unpaired) electrons. The summed E-state index contributed by atoms with van der Waals surface area (Å²) in [5.74, 6) is 0. The van der Waals surface area contributed by atoms with Crippen LogP contribution in [0.15, 0.2) is 0 Å². The molecule has 0 aliphatic heterocycles. The first kappa shape index (κ1) is 9.27. The molecule has 0 amide bonds. The fourth-order valence-electron chi connectivity index (χ4n) is 0.382. The van der Waals surface area contributed by atoms with Gasteiger partial charge in [-0.3, -0.25) is 4.39 Å². The van der Waals surface area contributed by atoms with Crippen molar-refractivity contribution in [2.24, 2.45) is 0 Å². The van der Waals surface area contributed by atoms with E-state index < -0.39 is 19.0 Å². The SMILES string of the molecule is FCCC(F)C(F)CBr. The van der Waals surface area contributed by atoms with Crippen LogP contribution in [0.5, 0.6) is 0 Å². The Morgan fingerprint density at radius 1 is 1.22 bits per heavy atom. The molecule has 0 rings (SSSR count). The van der Waals surface area contributed by atoms with Gasteiger partial charge in [0.2, 0.25) is 0 Å². The van der Waals surface area contributed by atoms with Crippen molar-refractivity contribution in [2.45, 2.75) is 18.8 Å². The molecular weight excluding hydrogens is 197 g/mol. The quantitative estimate of drug-likeness (QED) is 0.618. The van der Waals surface area contributed by atoms with Crippen LogP contribution in [0.25, 0.3) is 0 Å². The first-order valence-corrected chi connectivity index (χ1v) is 3.74. The maximum absolute atomic E-state index is 12.2. The van der Waals surface area contributed by atoms with Gasteiger partial charge in [0.1, 0.15) is 12.3 Å². The van der Waals surface area contributed by atoms with Crippen LogP contribution in [0.3, 0.4) is 0 Å². The summed E-state index contributed by atoms with van der Waals surface area (Å²) in [6.07, 6.45) is -3.57. The summed E-state index contributed by atoms with van der Waals surface area (Å²) in [5.41, 5.74) is 0. The van der Waals surface area contributed by atoms with E-state index in [0.717, 1.165) is 0 Å². The molecule has 0 aliphatic carbocycles. The Balaban J connectivity index is 3.32. The van der Waals surface area contributed by atoms with E-state index in [1.54, 1.807) is 0 Å². The maximum atomic E-state index is 12.2. The molecule has 0 aromatic carbocycles. The summed E-state index contributed by atoms with van der Waals surface area (Å²) >= 11 is 2.75. The second-order valence-electron chi connectivity index (χ2n) is 1.66. The molecule has 0 nitrogen and oxygen atoms in total. The van der Waals surface area contributed by atoms with Crippen LogP contribution in [0, 0.1) is 0 Å². The molecule has 0 bridgehead atoms. The van der Waals surface area contributed by atoms with Gasteiger partial charge in [0.25, 0.3) is 0 Å². The van der Waals surface area contributed by atoms with Gasteiger partial charge in [-0.15, -0.1) is 0 Å². The highest BCUT2D eigenvalue weighted by Gasteiger charge is 2.17. The molecule has 2 atom stereocenters. The summed E-state index contributed by atoms with van der Waals surface area (Å²) in [6, 6.07) is 0. The van der Waals surface area contributed by atoms with Gasteiger partial charge in [-0.25, -0.2) is 8.78 Å². The van der Waals surface area contributed by atoms with Crippen LogP contribution < -0.4 is 0 Å². The highest BCUT2D eigenvalue weighted by Crippen LogP contribution is 2.10. The number of hydrogen-bond acceptors (Lipinski definition) is 0. The van der Waals surface area contributed by atoms with Crippen LogP contribution in [0.2, 0.25) is 0 Å². The zero-order valence-corrected chi connectivity index (χ0v) is 6.37. The molecule has 0 spiro atoms. The molecule has 0 aliphatic rings. The van der Waals surface area contributed by atoms with E-state index >= 15 is 0 Å². The summed E-state index contributed by atoms with van der Waals surface area (Å²) in [5, 5.41) is -0.0613. The maximum Gasteiger partial charge on any atom is 0.141 e. The summed E-state index contributed by atoms with van der Waals surface area (Å²) in [7, 11) is 0. The largest absolute Gasteiger partial charge is 0.251 e. The minimum Gasteiger partial charge on any atom is -0.251 e. The Bertz CT molecular complexity index is 69.2. The topological polar surface area (TPSA) is 0 Å². The smallest absolute Gasteiger partial charge is 0.141 e. The van der Waals surface area contributed by atoms with E-state index in [1.165, 1.54) is 0 Å². The van der Waals surface area contributed by atoms with Gasteiger partial charge in [0, 0.05) is 11.8 Å². The molecule has 0 aromatic heterocycles. The van der Waals surface area contributed by atoms with Gasteiger partial charge in [-0.2, -0.15) is 0 Å². The molecular formula is C5H8BrF3. The van der Waals surface area contributed by atoms with Crippen LogP contribution in [0.4, 0.5) is 13.2 Å². The summed E-state index contributed by atoms with van der Waals surface area (Å²) in [6.45, 7) is -0.797. The van der Waals surface area contributed by atoms with Gasteiger partial charge in [-0.1, -0.05) is 15.9 Å². The van der Waals surface area contributed by atoms with Gasteiger partial charge in [0.15, 0.2) is 0 Å². The second-order valence-corrected chi connectivity index (χ2v) is 2.31. The fourth-order valence-corrected chi connectivity index (χ4v) is 0.787. The van der Waals surface area contributed by atoms with Crippen molar-refractivity contribution in [3.05, 3.63) is 0 Å². The number of halogens is 4. The highest BCUT2D eigenvalue weighted by atomic mass is 79.9. The third-order valence-corrected chi connectivity index (χ3v) is 1.54. The Labute approximate surface area is 60.6 Å². The van der Waals surface area contributed by atoms with Crippen LogP contribution >= 0.6 is 15.9 Å². The third kappa shape index (κ3) is 3.78. The number of hydrogen-bond donors (Lipinski definition) is 0. The highest BCUT2D eigenvalue weighted by molar-refractivity contribution is 9.09. The summed E-state index contributed by atoms with van der Waals surface area (Å²) in [4.78, 5) is 0. The van der Waals surface area contributed by atoms with Crippen molar-refractivity contribution in [2.75, 3.05) is 12.0 Å². The number of alkyl halides is 4. The van der Waals surface area contributed by atoms with Crippen molar-refractivity contribution >= 4 is 15.9 Å². The standard InChI is InChI=1S/C5H8BrF3/c6-3-5(9)4(8)1-2-7/h4-5H,1-3H2. The van der Waals surface area contributed by atoms with Crippen molar-refractivity contribution in [1.82, 2.24) is 0 Å². The normalized spacial score (nSPS) is 17.3. The monoisotopic (exact) mass is 204 g/mol. The molecule has 4 heteroatoms. The lowest BCUT2D eigenvalue weighted by atomic mass is 10.2. The molecule has 2 unspecified atom stereocenters.